The van der Waals surface area contributed by atoms with Gasteiger partial charge in [-0.15, -0.1) is 0 Å². The van der Waals surface area contributed by atoms with Gasteiger partial charge in [0.05, 0.1) is 0 Å². The van der Waals surface area contributed by atoms with Crippen LogP contribution in [0.15, 0.2) is 30.3 Å². The summed E-state index contributed by atoms with van der Waals surface area (Å²) in [5, 5.41) is 3.43. The summed E-state index contributed by atoms with van der Waals surface area (Å²) in [6.07, 6.45) is 8.20. The van der Waals surface area contributed by atoms with Crippen LogP contribution in [0.4, 0.5) is 0 Å². The Morgan fingerprint density at radius 2 is 1.80 bits per heavy atom. The van der Waals surface area contributed by atoms with Crippen LogP contribution in [0.3, 0.4) is 0 Å². The zero-order valence-corrected chi connectivity index (χ0v) is 13.2. The van der Waals surface area contributed by atoms with E-state index in [1.165, 1.54) is 50.8 Å². The second kappa shape index (κ2) is 7.80. The molecule has 1 aliphatic rings. The molecule has 2 nitrogen and oxygen atoms in total. The molecular weight excluding hydrogens is 244 g/mol. The summed E-state index contributed by atoms with van der Waals surface area (Å²) in [4.78, 5) is 2.54. The van der Waals surface area contributed by atoms with Gasteiger partial charge >= 0.3 is 0 Å². The molecule has 0 heterocycles. The Balaban J connectivity index is 1.83. The monoisotopic (exact) mass is 274 g/mol. The van der Waals surface area contributed by atoms with E-state index in [0.717, 1.165) is 13.0 Å². The van der Waals surface area contributed by atoms with Gasteiger partial charge in [0.2, 0.25) is 0 Å². The predicted molar refractivity (Wildman–Crippen MR) is 87.1 cm³/mol. The topological polar surface area (TPSA) is 15.3 Å². The molecule has 0 saturated heterocycles. The van der Waals surface area contributed by atoms with E-state index >= 15 is 0 Å². The third kappa shape index (κ3) is 4.60. The molecule has 0 atom stereocenters. The third-order valence-electron chi connectivity index (χ3n) is 4.70. The highest BCUT2D eigenvalue weighted by Gasteiger charge is 2.32. The Bertz CT molecular complexity index is 363. The highest BCUT2D eigenvalue weighted by atomic mass is 15.1. The van der Waals surface area contributed by atoms with E-state index in [-0.39, 0.29) is 0 Å². The first-order valence-corrected chi connectivity index (χ1v) is 8.11. The second-order valence-electron chi connectivity index (χ2n) is 6.56. The van der Waals surface area contributed by atoms with E-state index in [4.69, 9.17) is 0 Å². The lowest BCUT2D eigenvalue weighted by Gasteiger charge is -2.40. The molecule has 0 radical (unpaired) electrons. The fourth-order valence-electron chi connectivity index (χ4n) is 3.68. The van der Waals surface area contributed by atoms with Gasteiger partial charge in [0, 0.05) is 19.6 Å². The van der Waals surface area contributed by atoms with Crippen molar-refractivity contribution in [3.05, 3.63) is 35.9 Å². The van der Waals surface area contributed by atoms with Crippen LogP contribution in [0.5, 0.6) is 0 Å². The summed E-state index contributed by atoms with van der Waals surface area (Å²) < 4.78 is 0. The molecule has 1 aromatic carbocycles. The molecule has 0 unspecified atom stereocenters. The normalized spacial score (nSPS) is 18.4. The molecule has 0 aliphatic heterocycles. The second-order valence-corrected chi connectivity index (χ2v) is 6.56. The minimum absolute atomic E-state index is 0.512. The van der Waals surface area contributed by atoms with E-state index < -0.39 is 0 Å². The molecule has 1 aromatic rings. The Labute approximate surface area is 124 Å². The predicted octanol–water partition coefficient (Wildman–Crippen LogP) is 3.33. The summed E-state index contributed by atoms with van der Waals surface area (Å²) in [7, 11) is 4.38. The highest BCUT2D eigenvalue weighted by molar-refractivity contribution is 5.14. The molecule has 1 fully saturated rings. The minimum atomic E-state index is 0.512. The van der Waals surface area contributed by atoms with Crippen molar-refractivity contribution in [3.8, 4) is 0 Å². The Morgan fingerprint density at radius 1 is 1.10 bits per heavy atom. The van der Waals surface area contributed by atoms with Crippen molar-refractivity contribution in [1.29, 1.82) is 0 Å². The van der Waals surface area contributed by atoms with Gasteiger partial charge in [-0.3, -0.25) is 0 Å². The Morgan fingerprint density at radius 3 is 2.45 bits per heavy atom. The van der Waals surface area contributed by atoms with Gasteiger partial charge in [-0.05, 0) is 44.3 Å². The number of nitrogens with zero attached hydrogens (tertiary/aromatic N) is 1. The van der Waals surface area contributed by atoms with Crippen molar-refractivity contribution >= 4 is 0 Å². The molecule has 0 spiro atoms. The van der Waals surface area contributed by atoms with E-state index in [9.17, 15) is 0 Å². The molecule has 20 heavy (non-hydrogen) atoms. The lowest BCUT2D eigenvalue weighted by Crippen LogP contribution is -2.44. The SMILES string of the molecule is CNCC1(CN(C)CCc2ccccc2)CCCCC1. The number of likely N-dealkylation sites (N-methyl/N-ethyl adjacent to an activating group) is 1. The quantitative estimate of drug-likeness (QED) is 0.820. The number of rotatable bonds is 7. The van der Waals surface area contributed by atoms with E-state index in [1.54, 1.807) is 0 Å². The maximum atomic E-state index is 3.43. The Hall–Kier alpha value is -0.860. The van der Waals surface area contributed by atoms with Gasteiger partial charge in [-0.25, -0.2) is 0 Å². The molecule has 2 rings (SSSR count). The molecule has 1 N–H and O–H groups in total. The number of nitrogens with one attached hydrogen (secondary N) is 1. The van der Waals surface area contributed by atoms with Crippen molar-refractivity contribution in [1.82, 2.24) is 10.2 Å². The van der Waals surface area contributed by atoms with E-state index in [1.807, 2.05) is 0 Å². The summed E-state index contributed by atoms with van der Waals surface area (Å²) in [6, 6.07) is 10.8. The fourth-order valence-corrected chi connectivity index (χ4v) is 3.68. The fraction of sp³-hybridized carbons (Fsp3) is 0.667. The number of benzene rings is 1. The number of hydrogen-bond donors (Lipinski definition) is 1. The van der Waals surface area contributed by atoms with Gasteiger partial charge in [0.25, 0.3) is 0 Å². The van der Waals surface area contributed by atoms with Crippen molar-refractivity contribution in [2.24, 2.45) is 5.41 Å². The van der Waals surface area contributed by atoms with Crippen LogP contribution >= 0.6 is 0 Å². The number of hydrogen-bond acceptors (Lipinski definition) is 2. The van der Waals surface area contributed by atoms with Crippen molar-refractivity contribution in [3.63, 3.8) is 0 Å². The van der Waals surface area contributed by atoms with Crippen LogP contribution in [-0.4, -0.2) is 38.6 Å². The molecule has 2 heteroatoms. The molecule has 0 amide bonds. The summed E-state index contributed by atoms with van der Waals surface area (Å²) in [5.74, 6) is 0. The van der Waals surface area contributed by atoms with Crippen LogP contribution in [-0.2, 0) is 6.42 Å². The average Bonchev–Trinajstić information content (AvgIpc) is 2.47. The van der Waals surface area contributed by atoms with Crippen LogP contribution < -0.4 is 5.32 Å². The maximum absolute atomic E-state index is 3.43. The maximum Gasteiger partial charge on any atom is 0.00472 e. The van der Waals surface area contributed by atoms with Crippen molar-refractivity contribution in [2.45, 2.75) is 38.5 Å². The molecule has 112 valence electrons. The minimum Gasteiger partial charge on any atom is -0.319 e. The summed E-state index contributed by atoms with van der Waals surface area (Å²) in [5.41, 5.74) is 1.96. The van der Waals surface area contributed by atoms with Crippen LogP contribution in [0.25, 0.3) is 0 Å². The van der Waals surface area contributed by atoms with Crippen molar-refractivity contribution < 1.29 is 0 Å². The largest absolute Gasteiger partial charge is 0.319 e. The highest BCUT2D eigenvalue weighted by Crippen LogP contribution is 2.36. The smallest absolute Gasteiger partial charge is 0.00472 e. The lowest BCUT2D eigenvalue weighted by atomic mass is 9.73. The van der Waals surface area contributed by atoms with Gasteiger partial charge in [-0.1, -0.05) is 49.6 Å². The molecule has 0 bridgehead atoms. The first-order chi connectivity index (χ1) is 9.74. The standard InChI is InChI=1S/C18H30N2/c1-19-15-18(12-7-4-8-13-18)16-20(2)14-11-17-9-5-3-6-10-17/h3,5-6,9-10,19H,4,7-8,11-16H2,1-2H3. The van der Waals surface area contributed by atoms with Gasteiger partial charge in [0.1, 0.15) is 0 Å². The van der Waals surface area contributed by atoms with Gasteiger partial charge in [0.15, 0.2) is 0 Å². The van der Waals surface area contributed by atoms with Crippen LogP contribution in [0, 0.1) is 5.41 Å². The zero-order valence-electron chi connectivity index (χ0n) is 13.2. The molecule has 0 aromatic heterocycles. The van der Waals surface area contributed by atoms with E-state index in [0.29, 0.717) is 5.41 Å². The van der Waals surface area contributed by atoms with Gasteiger partial charge in [-0.2, -0.15) is 0 Å². The van der Waals surface area contributed by atoms with E-state index in [2.05, 4.69) is 54.6 Å². The molecular formula is C18H30N2. The average molecular weight is 274 g/mol. The first-order valence-electron chi connectivity index (χ1n) is 8.11. The third-order valence-corrected chi connectivity index (χ3v) is 4.70. The summed E-state index contributed by atoms with van der Waals surface area (Å²) >= 11 is 0. The van der Waals surface area contributed by atoms with Crippen LogP contribution in [0.2, 0.25) is 0 Å². The van der Waals surface area contributed by atoms with Gasteiger partial charge < -0.3 is 10.2 Å². The van der Waals surface area contributed by atoms with Crippen molar-refractivity contribution in [2.75, 3.05) is 33.7 Å². The molecule has 1 saturated carbocycles. The summed E-state index contributed by atoms with van der Waals surface area (Å²) in [6.45, 7) is 3.57. The Kier molecular flexibility index (Phi) is 6.06. The molecule has 1 aliphatic carbocycles. The van der Waals surface area contributed by atoms with Crippen LogP contribution in [0.1, 0.15) is 37.7 Å². The zero-order chi connectivity index (χ0) is 14.3. The first kappa shape index (κ1) is 15.5. The lowest BCUT2D eigenvalue weighted by molar-refractivity contribution is 0.120.